The largest absolute Gasteiger partial charge is 0.506 e. The van der Waals surface area contributed by atoms with Gasteiger partial charge >= 0.3 is 0 Å². The Labute approximate surface area is 84.9 Å². The minimum atomic E-state index is -3.95. The van der Waals surface area contributed by atoms with Crippen molar-refractivity contribution in [3.05, 3.63) is 22.2 Å². The molecule has 0 radical (unpaired) electrons. The minimum absolute atomic E-state index is 0.0472. The summed E-state index contributed by atoms with van der Waals surface area (Å²) >= 11 is 11.0. The first kappa shape index (κ1) is 10.6. The number of hydrogen-bond acceptors (Lipinski definition) is 3. The molecule has 4 nitrogen and oxygen atoms in total. The average Bonchev–Trinajstić information content (AvgIpc) is 1.94. The Morgan fingerprint density at radius 3 is 2.31 bits per heavy atom. The van der Waals surface area contributed by atoms with E-state index in [1.165, 1.54) is 0 Å². The SMILES string of the molecule is NS(=O)(=O)c1cc(Cl)cc(O)c1Cl. The van der Waals surface area contributed by atoms with Gasteiger partial charge in [0.1, 0.15) is 15.7 Å². The van der Waals surface area contributed by atoms with Gasteiger partial charge in [0, 0.05) is 11.1 Å². The molecule has 3 N–H and O–H groups in total. The molecular formula is C6H5Cl2NO3S. The maximum atomic E-state index is 10.9. The monoisotopic (exact) mass is 241 g/mol. The second-order valence-corrected chi connectivity index (χ2v) is 4.63. The lowest BCUT2D eigenvalue weighted by Gasteiger charge is -2.03. The molecule has 13 heavy (non-hydrogen) atoms. The topological polar surface area (TPSA) is 80.4 Å². The van der Waals surface area contributed by atoms with Crippen molar-refractivity contribution < 1.29 is 13.5 Å². The van der Waals surface area contributed by atoms with Crippen molar-refractivity contribution in [2.75, 3.05) is 0 Å². The van der Waals surface area contributed by atoms with Crippen molar-refractivity contribution in [2.45, 2.75) is 4.90 Å². The average molecular weight is 242 g/mol. The summed E-state index contributed by atoms with van der Waals surface area (Å²) in [6, 6.07) is 2.19. The van der Waals surface area contributed by atoms with Gasteiger partial charge in [0.15, 0.2) is 0 Å². The highest BCUT2D eigenvalue weighted by Gasteiger charge is 2.16. The number of phenolic OH excluding ortho intramolecular Hbond substituents is 1. The molecule has 0 saturated carbocycles. The van der Waals surface area contributed by atoms with Crippen molar-refractivity contribution in [1.29, 1.82) is 0 Å². The van der Waals surface area contributed by atoms with Gasteiger partial charge in [-0.05, 0) is 6.07 Å². The van der Waals surface area contributed by atoms with Gasteiger partial charge in [0.25, 0.3) is 0 Å². The Balaban J connectivity index is 3.56. The van der Waals surface area contributed by atoms with Crippen LogP contribution in [0.15, 0.2) is 17.0 Å². The summed E-state index contributed by atoms with van der Waals surface area (Å²) in [5.41, 5.74) is 0. The van der Waals surface area contributed by atoms with Crippen molar-refractivity contribution in [1.82, 2.24) is 0 Å². The third-order valence-corrected chi connectivity index (χ3v) is 2.95. The van der Waals surface area contributed by atoms with Crippen LogP contribution in [0.4, 0.5) is 0 Å². The molecule has 0 amide bonds. The summed E-state index contributed by atoms with van der Waals surface area (Å²) in [6.45, 7) is 0. The van der Waals surface area contributed by atoms with Crippen LogP contribution < -0.4 is 5.14 Å². The van der Waals surface area contributed by atoms with Crippen molar-refractivity contribution in [3.63, 3.8) is 0 Å². The predicted octanol–water partition coefficient (Wildman–Crippen LogP) is 1.35. The first-order valence-corrected chi connectivity index (χ1v) is 5.33. The van der Waals surface area contributed by atoms with Crippen LogP contribution in [-0.2, 0) is 10.0 Å². The lowest BCUT2D eigenvalue weighted by atomic mass is 10.3. The second kappa shape index (κ2) is 3.34. The molecule has 0 unspecified atom stereocenters. The van der Waals surface area contributed by atoms with Crippen LogP contribution in [0.2, 0.25) is 10.0 Å². The number of primary sulfonamides is 1. The normalized spacial score (nSPS) is 11.6. The standard InChI is InChI=1S/C6H5Cl2NO3S/c7-3-1-4(10)6(8)5(2-3)13(9,11)12/h1-2,10H,(H2,9,11,12). The van der Waals surface area contributed by atoms with Crippen LogP contribution in [0, 0.1) is 0 Å². The van der Waals surface area contributed by atoms with Crippen LogP contribution >= 0.6 is 23.2 Å². The summed E-state index contributed by atoms with van der Waals surface area (Å²) in [5.74, 6) is -0.418. The van der Waals surface area contributed by atoms with E-state index in [0.717, 1.165) is 12.1 Å². The minimum Gasteiger partial charge on any atom is -0.506 e. The molecule has 0 aliphatic carbocycles. The van der Waals surface area contributed by atoms with Crippen LogP contribution in [0.5, 0.6) is 5.75 Å². The van der Waals surface area contributed by atoms with E-state index < -0.39 is 15.8 Å². The predicted molar refractivity (Wildman–Crippen MR) is 49.5 cm³/mol. The van der Waals surface area contributed by atoms with E-state index >= 15 is 0 Å². The summed E-state index contributed by atoms with van der Waals surface area (Å²) in [7, 11) is -3.95. The first-order valence-electron chi connectivity index (χ1n) is 3.03. The summed E-state index contributed by atoms with van der Waals surface area (Å²) in [5, 5.41) is 13.6. The van der Waals surface area contributed by atoms with Crippen LogP contribution in [0.3, 0.4) is 0 Å². The summed E-state index contributed by atoms with van der Waals surface area (Å²) < 4.78 is 21.8. The number of halogens is 2. The molecule has 0 aromatic heterocycles. The van der Waals surface area contributed by atoms with Crippen LogP contribution in [-0.4, -0.2) is 13.5 Å². The Kier molecular flexibility index (Phi) is 2.72. The van der Waals surface area contributed by atoms with Gasteiger partial charge in [-0.1, -0.05) is 23.2 Å². The Morgan fingerprint density at radius 2 is 1.85 bits per heavy atom. The van der Waals surface area contributed by atoms with E-state index in [0.29, 0.717) is 0 Å². The van der Waals surface area contributed by atoms with Crippen LogP contribution in [0.25, 0.3) is 0 Å². The number of hydrogen-bond donors (Lipinski definition) is 2. The molecule has 1 rings (SSSR count). The molecule has 1 aromatic rings. The zero-order valence-corrected chi connectivity index (χ0v) is 8.49. The number of phenols is 1. The number of nitrogens with two attached hydrogens (primary N) is 1. The fourth-order valence-corrected chi connectivity index (χ4v) is 2.11. The van der Waals surface area contributed by atoms with E-state index in [1.807, 2.05) is 0 Å². The lowest BCUT2D eigenvalue weighted by Crippen LogP contribution is -2.12. The maximum absolute atomic E-state index is 10.9. The van der Waals surface area contributed by atoms with E-state index in [4.69, 9.17) is 33.4 Å². The molecule has 0 spiro atoms. The molecule has 0 atom stereocenters. The maximum Gasteiger partial charge on any atom is 0.239 e. The van der Waals surface area contributed by atoms with Gasteiger partial charge in [0.2, 0.25) is 10.0 Å². The van der Waals surface area contributed by atoms with Crippen LogP contribution in [0.1, 0.15) is 0 Å². The quantitative estimate of drug-likeness (QED) is 0.779. The third kappa shape index (κ3) is 2.25. The van der Waals surface area contributed by atoms with Gasteiger partial charge in [-0.2, -0.15) is 0 Å². The van der Waals surface area contributed by atoms with E-state index in [-0.39, 0.29) is 14.9 Å². The van der Waals surface area contributed by atoms with Gasteiger partial charge in [0.05, 0.1) is 0 Å². The highest BCUT2D eigenvalue weighted by Crippen LogP contribution is 2.32. The van der Waals surface area contributed by atoms with Gasteiger partial charge in [-0.25, -0.2) is 13.6 Å². The third-order valence-electron chi connectivity index (χ3n) is 1.29. The lowest BCUT2D eigenvalue weighted by molar-refractivity contribution is 0.473. The van der Waals surface area contributed by atoms with Gasteiger partial charge in [-0.15, -0.1) is 0 Å². The van der Waals surface area contributed by atoms with E-state index in [9.17, 15) is 8.42 Å². The molecule has 1 aromatic carbocycles. The zero-order valence-electron chi connectivity index (χ0n) is 6.16. The van der Waals surface area contributed by atoms with E-state index in [2.05, 4.69) is 0 Å². The molecular weight excluding hydrogens is 237 g/mol. The fourth-order valence-electron chi connectivity index (χ4n) is 0.757. The Hall–Kier alpha value is -0.490. The molecule has 0 aliphatic heterocycles. The Bertz CT molecular complexity index is 443. The summed E-state index contributed by atoms with van der Waals surface area (Å²) in [6.07, 6.45) is 0. The number of sulfonamides is 1. The highest BCUT2D eigenvalue weighted by molar-refractivity contribution is 7.89. The fraction of sp³-hybridized carbons (Fsp3) is 0. The molecule has 0 fully saturated rings. The van der Waals surface area contributed by atoms with E-state index in [1.54, 1.807) is 0 Å². The molecule has 0 bridgehead atoms. The number of aromatic hydroxyl groups is 1. The molecule has 0 saturated heterocycles. The molecule has 0 heterocycles. The van der Waals surface area contributed by atoms with Crippen molar-refractivity contribution >= 4 is 33.2 Å². The van der Waals surface area contributed by atoms with Crippen molar-refractivity contribution in [3.8, 4) is 5.75 Å². The molecule has 0 aliphatic rings. The number of benzene rings is 1. The summed E-state index contributed by atoms with van der Waals surface area (Å²) in [4.78, 5) is -0.390. The second-order valence-electron chi connectivity index (χ2n) is 2.28. The van der Waals surface area contributed by atoms with Gasteiger partial charge < -0.3 is 5.11 Å². The zero-order chi connectivity index (χ0) is 10.2. The van der Waals surface area contributed by atoms with Crippen molar-refractivity contribution in [2.24, 2.45) is 5.14 Å². The Morgan fingerprint density at radius 1 is 1.31 bits per heavy atom. The smallest absolute Gasteiger partial charge is 0.239 e. The first-order chi connectivity index (χ1) is 5.82. The molecule has 72 valence electrons. The number of rotatable bonds is 1. The van der Waals surface area contributed by atoms with Gasteiger partial charge in [-0.3, -0.25) is 0 Å². The highest BCUT2D eigenvalue weighted by atomic mass is 35.5. The molecule has 7 heteroatoms.